The number of aliphatic hydroxyl groups is 2. The summed E-state index contributed by atoms with van der Waals surface area (Å²) in [5.41, 5.74) is 2.74. The van der Waals surface area contributed by atoms with E-state index in [1.165, 1.54) is 18.2 Å². The number of allylic oxidation sites excluding steroid dienone is 4. The zero-order valence-electron chi connectivity index (χ0n) is 37.5. The van der Waals surface area contributed by atoms with Crippen LogP contribution in [0.25, 0.3) is 10.9 Å². The van der Waals surface area contributed by atoms with Crippen LogP contribution in [0.5, 0.6) is 5.75 Å². The summed E-state index contributed by atoms with van der Waals surface area (Å²) < 4.78 is 38.7. The Morgan fingerprint density at radius 2 is 1.73 bits per heavy atom. The summed E-state index contributed by atoms with van der Waals surface area (Å²) in [5.74, 6) is -4.91. The van der Waals surface area contributed by atoms with Gasteiger partial charge in [0.25, 0.3) is 0 Å². The van der Waals surface area contributed by atoms with E-state index in [1.54, 1.807) is 28.5 Å². The summed E-state index contributed by atoms with van der Waals surface area (Å²) in [4.78, 5) is 92.2. The quantitative estimate of drug-likeness (QED) is 0.166. The van der Waals surface area contributed by atoms with Gasteiger partial charge in [-0.25, -0.2) is 14.0 Å². The zero-order chi connectivity index (χ0) is 47.6. The molecule has 4 unspecified atom stereocenters. The van der Waals surface area contributed by atoms with Gasteiger partial charge in [-0.3, -0.25) is 24.0 Å². The second kappa shape index (κ2) is 17.5. The number of benzene rings is 1. The Morgan fingerprint density at radius 1 is 1.02 bits per heavy atom. The highest BCUT2D eigenvalue weighted by molar-refractivity contribution is 6.01. The number of carboxylic acids is 1. The predicted molar refractivity (Wildman–Crippen MR) is 232 cm³/mol. The van der Waals surface area contributed by atoms with Gasteiger partial charge in [0.15, 0.2) is 24.0 Å². The van der Waals surface area contributed by atoms with Crippen LogP contribution >= 0.6 is 0 Å². The van der Waals surface area contributed by atoms with Crippen molar-refractivity contribution in [1.82, 2.24) is 9.47 Å². The number of esters is 2. The number of carboxylic acid groups (broad SMARTS) is 1. The number of nitrogens with zero attached hydrogens (tertiary/aromatic N) is 3. The van der Waals surface area contributed by atoms with Gasteiger partial charge in [-0.05, 0) is 81.9 Å². The molecule has 2 aromatic rings. The number of hydrogen-bond donors (Lipinski definition) is 4. The van der Waals surface area contributed by atoms with E-state index in [-0.39, 0.29) is 84.4 Å². The molecule has 19 heteroatoms. The van der Waals surface area contributed by atoms with Crippen molar-refractivity contribution in [3.8, 4) is 5.75 Å². The first kappa shape index (κ1) is 46.9. The van der Waals surface area contributed by atoms with Crippen molar-refractivity contribution in [2.75, 3.05) is 45.0 Å². The van der Waals surface area contributed by atoms with Crippen LogP contribution in [0.1, 0.15) is 95.0 Å². The van der Waals surface area contributed by atoms with Crippen molar-refractivity contribution >= 4 is 52.2 Å². The van der Waals surface area contributed by atoms with Crippen LogP contribution in [-0.2, 0) is 33.4 Å². The molecule has 4 saturated carbocycles. The van der Waals surface area contributed by atoms with Gasteiger partial charge in [-0.1, -0.05) is 25.5 Å². The molecule has 0 spiro atoms. The van der Waals surface area contributed by atoms with Crippen molar-refractivity contribution < 1.29 is 67.4 Å². The number of aromatic nitrogens is 1. The number of piperazine rings is 1. The van der Waals surface area contributed by atoms with Crippen LogP contribution in [0.3, 0.4) is 0 Å². The van der Waals surface area contributed by atoms with Gasteiger partial charge >= 0.3 is 24.0 Å². The number of carbonyl (C=O) groups is 6. The minimum Gasteiger partial charge on any atom is -0.492 e. The monoisotopic (exact) mass is 920 g/mol. The van der Waals surface area contributed by atoms with Crippen molar-refractivity contribution in [3.05, 3.63) is 57.7 Å². The fourth-order valence-electron chi connectivity index (χ4n) is 12.1. The third-order valence-corrected chi connectivity index (χ3v) is 15.5. The lowest BCUT2D eigenvalue weighted by Gasteiger charge is -2.59. The first-order valence-electron chi connectivity index (χ1n) is 22.5. The minimum absolute atomic E-state index is 0.000647. The first-order chi connectivity index (χ1) is 31.2. The Bertz CT molecular complexity index is 2500. The number of methoxy groups -OCH3 is 1. The number of hydrogen-bond acceptors (Lipinski definition) is 15. The maximum atomic E-state index is 15.9. The lowest BCUT2D eigenvalue weighted by Crippen LogP contribution is -2.61. The molecular weight excluding hydrogens is 864 g/mol. The molecule has 1 saturated heterocycles. The lowest BCUT2D eigenvalue weighted by atomic mass is 9.46. The standard InChI is InChI=1S/C47H57FN4O14/c1-24-20-50(40-33(48)18-30-39(42(40)63-4)52(27-6-7-27)21-31(41(30)58)43(59)60)13-14-51(24)44(61)66-23-65-37(57)17-26(49)16-36(56)64-22-35(55)47(62)12-10-32-29-8-5-25-15-28(53)9-11-45(25,2)38(29)34(54)19-46(32,47)3/h9,11,15,18,21,24,26-27,29,32,34,38,54,62H,5-8,10,12-14,16-17,19-20,22-23,49H2,1-4H3,(H,59,60)/t24?,26-,29?,32?,34-,38?,45-,46-,47-/m1/s1. The number of amides is 1. The fraction of sp³-hybridized carbons (Fsp3) is 0.596. The van der Waals surface area contributed by atoms with Gasteiger partial charge in [-0.15, -0.1) is 0 Å². The molecule has 1 aromatic heterocycles. The number of pyridine rings is 1. The molecular formula is C47H57FN4O14. The largest absolute Gasteiger partial charge is 0.492 e. The van der Waals surface area contributed by atoms with E-state index < -0.39 is 107 Å². The number of ketones is 2. The summed E-state index contributed by atoms with van der Waals surface area (Å²) in [6.07, 6.45) is 7.54. The summed E-state index contributed by atoms with van der Waals surface area (Å²) >= 11 is 0. The van der Waals surface area contributed by atoms with E-state index in [4.69, 9.17) is 24.7 Å². The van der Waals surface area contributed by atoms with Crippen molar-refractivity contribution in [3.63, 3.8) is 0 Å². The summed E-state index contributed by atoms with van der Waals surface area (Å²) in [6.45, 7) is 4.40. The number of halogens is 1. The average molecular weight is 921 g/mol. The van der Waals surface area contributed by atoms with Gasteiger partial charge in [0.05, 0.1) is 37.0 Å². The highest BCUT2D eigenvalue weighted by Crippen LogP contribution is 2.67. The molecule has 5 aliphatic carbocycles. The lowest BCUT2D eigenvalue weighted by molar-refractivity contribution is -0.181. The first-order valence-corrected chi connectivity index (χ1v) is 22.5. The highest BCUT2D eigenvalue weighted by Gasteiger charge is 2.68. The molecule has 1 amide bonds. The number of Topliss-reactive ketones (excluding diaryl/α,β-unsaturated/α-hetero) is 1. The van der Waals surface area contributed by atoms with E-state index >= 15 is 4.39 Å². The number of ether oxygens (including phenoxy) is 4. The summed E-state index contributed by atoms with van der Waals surface area (Å²) in [7, 11) is 1.34. The van der Waals surface area contributed by atoms with Gasteiger partial charge in [0.1, 0.15) is 16.9 Å². The molecule has 66 heavy (non-hydrogen) atoms. The molecule has 5 fully saturated rings. The molecule has 1 aromatic carbocycles. The molecule has 8 rings (SSSR count). The summed E-state index contributed by atoms with van der Waals surface area (Å²) in [6, 6.07) is -0.672. The Balaban J connectivity index is 0.793. The molecule has 6 aliphatic rings. The predicted octanol–water partition coefficient (Wildman–Crippen LogP) is 3.56. The van der Waals surface area contributed by atoms with Gasteiger partial charge < -0.3 is 54.4 Å². The van der Waals surface area contributed by atoms with Crippen molar-refractivity contribution in [2.24, 2.45) is 34.3 Å². The Kier molecular flexibility index (Phi) is 12.4. The number of nitrogens with two attached hydrogens (primary N) is 1. The van der Waals surface area contributed by atoms with Crippen molar-refractivity contribution in [2.45, 2.75) is 108 Å². The average Bonchev–Trinajstić information content (AvgIpc) is 4.06. The number of carbonyl (C=O) groups excluding carboxylic acids is 5. The molecule has 2 heterocycles. The van der Waals surface area contributed by atoms with E-state index in [0.29, 0.717) is 19.3 Å². The Labute approximate surface area is 379 Å². The van der Waals surface area contributed by atoms with Crippen molar-refractivity contribution in [1.29, 1.82) is 0 Å². The van der Waals surface area contributed by atoms with E-state index in [1.807, 2.05) is 19.9 Å². The van der Waals surface area contributed by atoms with Crippen LogP contribution < -0.4 is 20.8 Å². The minimum atomic E-state index is -1.85. The fourth-order valence-corrected chi connectivity index (χ4v) is 12.1. The molecule has 0 radical (unpaired) electrons. The van der Waals surface area contributed by atoms with Gasteiger partial charge in [-0.2, -0.15) is 0 Å². The zero-order valence-corrected chi connectivity index (χ0v) is 37.5. The Hall–Kier alpha value is -5.66. The third kappa shape index (κ3) is 8.05. The smallest absolute Gasteiger partial charge is 0.413 e. The van der Waals surface area contributed by atoms with Crippen LogP contribution in [-0.4, -0.2) is 124 Å². The SMILES string of the molecule is COc1c(N2CCN(C(=O)OCOC(=O)C[C@H](N)CC(=O)OCC(=O)[C@]3(O)CCC4C5CCC6=CC(=O)C=C[C@@]6(C)C5[C@H](O)C[C@]43C)C(C)C2)c(F)cc2c(=O)c(C(=O)O)cn(C3CC3)c12. The normalized spacial score (nSPS) is 30.7. The topological polar surface area (TPSA) is 255 Å². The third-order valence-electron chi connectivity index (χ3n) is 15.5. The molecule has 0 bridgehead atoms. The maximum absolute atomic E-state index is 15.9. The number of anilines is 1. The molecule has 18 nitrogen and oxygen atoms in total. The van der Waals surface area contributed by atoms with E-state index in [2.05, 4.69) is 0 Å². The highest BCUT2D eigenvalue weighted by atomic mass is 19.1. The maximum Gasteiger partial charge on any atom is 0.413 e. The number of rotatable bonds is 13. The van der Waals surface area contributed by atoms with Crippen LogP contribution in [0.15, 0.2) is 40.9 Å². The van der Waals surface area contributed by atoms with Gasteiger partial charge in [0, 0.05) is 60.7 Å². The second-order valence-electron chi connectivity index (χ2n) is 19.3. The Morgan fingerprint density at radius 3 is 2.39 bits per heavy atom. The number of aliphatic hydroxyl groups excluding tert-OH is 1. The van der Waals surface area contributed by atoms with E-state index in [0.717, 1.165) is 24.5 Å². The van der Waals surface area contributed by atoms with Crippen LogP contribution in [0.2, 0.25) is 0 Å². The molecule has 1 aliphatic heterocycles. The molecule has 9 atom stereocenters. The molecule has 5 N–H and O–H groups in total. The van der Waals surface area contributed by atoms with Crippen LogP contribution in [0, 0.1) is 34.4 Å². The second-order valence-corrected chi connectivity index (χ2v) is 19.3. The number of fused-ring (bicyclic) bond motifs is 6. The van der Waals surface area contributed by atoms with Gasteiger partial charge in [0.2, 0.25) is 18.0 Å². The van der Waals surface area contributed by atoms with E-state index in [9.17, 15) is 48.9 Å². The summed E-state index contributed by atoms with van der Waals surface area (Å²) in [5, 5.41) is 33.1. The van der Waals surface area contributed by atoms with Crippen LogP contribution in [0.4, 0.5) is 14.9 Å². The molecule has 356 valence electrons. The number of aromatic carboxylic acids is 1.